The second kappa shape index (κ2) is 13.2. The molecule has 38 heavy (non-hydrogen) atoms. The number of carbonyl (C=O) groups excluding carboxylic acids is 4. The molecular weight excluding hydrogens is 557 g/mol. The molecule has 2 aliphatic heterocycles. The van der Waals surface area contributed by atoms with Crippen LogP contribution in [0.25, 0.3) is 0 Å². The number of ether oxygens (including phenoxy) is 1. The maximum absolute atomic E-state index is 13.1. The summed E-state index contributed by atoms with van der Waals surface area (Å²) in [6.07, 6.45) is 1.92. The number of aromatic nitrogens is 2. The first-order chi connectivity index (χ1) is 17.7. The highest BCUT2D eigenvalue weighted by atomic mass is 35.5. The molecule has 0 aromatic carbocycles. The van der Waals surface area contributed by atoms with E-state index in [0.29, 0.717) is 16.5 Å². The Morgan fingerprint density at radius 3 is 2.66 bits per heavy atom. The average Bonchev–Trinajstić information content (AvgIpc) is 3.30. The van der Waals surface area contributed by atoms with Crippen molar-refractivity contribution in [1.29, 1.82) is 0 Å². The summed E-state index contributed by atoms with van der Waals surface area (Å²) in [6, 6.07) is 1.74. The lowest BCUT2D eigenvalue weighted by molar-refractivity contribution is -0.136. The lowest BCUT2D eigenvalue weighted by Crippen LogP contribution is -2.62. The van der Waals surface area contributed by atoms with Gasteiger partial charge in [0.15, 0.2) is 5.01 Å². The summed E-state index contributed by atoms with van der Waals surface area (Å²) >= 11 is 7.13. The van der Waals surface area contributed by atoms with Gasteiger partial charge in [-0.05, 0) is 32.5 Å². The van der Waals surface area contributed by atoms with E-state index in [1.54, 1.807) is 6.92 Å². The topological polar surface area (TPSA) is 146 Å². The van der Waals surface area contributed by atoms with Gasteiger partial charge >= 0.3 is 17.9 Å². The highest BCUT2D eigenvalue weighted by molar-refractivity contribution is 7.13. The van der Waals surface area contributed by atoms with Crippen molar-refractivity contribution in [2.24, 2.45) is 0 Å². The van der Waals surface area contributed by atoms with E-state index in [1.807, 2.05) is 7.05 Å². The van der Waals surface area contributed by atoms with Gasteiger partial charge in [-0.25, -0.2) is 14.8 Å². The van der Waals surface area contributed by atoms with Gasteiger partial charge in [0.2, 0.25) is 0 Å². The number of hydrogen-bond donors (Lipinski definition) is 3. The predicted octanol–water partition coefficient (Wildman–Crippen LogP) is 1.69. The van der Waals surface area contributed by atoms with E-state index < -0.39 is 35.9 Å². The van der Waals surface area contributed by atoms with Crippen LogP contribution in [0.1, 0.15) is 33.7 Å². The molecule has 206 valence electrons. The minimum absolute atomic E-state index is 0. The van der Waals surface area contributed by atoms with E-state index in [4.69, 9.17) is 16.3 Å². The largest absolute Gasteiger partial charge is 0.450 e. The molecule has 0 aliphatic carbocycles. The summed E-state index contributed by atoms with van der Waals surface area (Å²) in [7, 11) is 2.01. The van der Waals surface area contributed by atoms with Crippen LogP contribution < -0.4 is 16.0 Å². The lowest BCUT2D eigenvalue weighted by Gasteiger charge is -2.38. The van der Waals surface area contributed by atoms with Crippen molar-refractivity contribution in [1.82, 2.24) is 30.4 Å². The van der Waals surface area contributed by atoms with Crippen LogP contribution in [0, 0.1) is 0 Å². The van der Waals surface area contributed by atoms with Crippen molar-refractivity contribution in [3.8, 4) is 0 Å². The number of pyridine rings is 1. The van der Waals surface area contributed by atoms with Gasteiger partial charge < -0.3 is 30.5 Å². The van der Waals surface area contributed by atoms with E-state index in [1.165, 1.54) is 34.6 Å². The number of nitrogens with zero attached hydrogens (tertiary/aromatic N) is 4. The summed E-state index contributed by atoms with van der Waals surface area (Å²) in [6.45, 7) is 3.91. The normalized spacial score (nSPS) is 19.0. The average molecular weight is 587 g/mol. The minimum atomic E-state index is -0.913. The molecule has 4 heterocycles. The molecule has 2 aliphatic rings. The number of hydrogen-bond acceptors (Lipinski definition) is 9. The van der Waals surface area contributed by atoms with Crippen molar-refractivity contribution < 1.29 is 23.9 Å². The highest BCUT2D eigenvalue weighted by Crippen LogP contribution is 2.25. The highest BCUT2D eigenvalue weighted by Gasteiger charge is 2.36. The Kier molecular flexibility index (Phi) is 10.3. The molecule has 3 N–H and O–H groups in total. The number of thiazole rings is 1. The fourth-order valence-corrected chi connectivity index (χ4v) is 5.36. The second-order valence-corrected chi connectivity index (χ2v) is 10.3. The first-order valence-corrected chi connectivity index (χ1v) is 13.1. The number of likely N-dealkylation sites (N-methyl/N-ethyl adjacent to an activating group) is 1. The Morgan fingerprint density at radius 2 is 1.95 bits per heavy atom. The Balaban J connectivity index is 0.00000400. The van der Waals surface area contributed by atoms with Crippen LogP contribution in [0.2, 0.25) is 5.02 Å². The number of likely N-dealkylation sites (tertiary alicyclic amines) is 1. The number of nitrogens with one attached hydrogen (secondary N) is 3. The third-order valence-corrected chi connectivity index (χ3v) is 7.37. The van der Waals surface area contributed by atoms with Gasteiger partial charge in [0, 0.05) is 43.7 Å². The number of halogens is 2. The van der Waals surface area contributed by atoms with E-state index in [2.05, 4.69) is 30.8 Å². The van der Waals surface area contributed by atoms with Crippen LogP contribution >= 0.6 is 35.3 Å². The van der Waals surface area contributed by atoms with E-state index >= 15 is 0 Å². The molecule has 0 radical (unpaired) electrons. The van der Waals surface area contributed by atoms with Gasteiger partial charge in [0.25, 0.3) is 5.91 Å². The monoisotopic (exact) mass is 585 g/mol. The Hall–Kier alpha value is -3.00. The fourth-order valence-electron chi connectivity index (χ4n) is 4.16. The van der Waals surface area contributed by atoms with Crippen LogP contribution in [0.15, 0.2) is 18.3 Å². The smallest absolute Gasteiger partial charge is 0.409 e. The molecule has 0 unspecified atom stereocenters. The van der Waals surface area contributed by atoms with Gasteiger partial charge in [0.1, 0.15) is 5.82 Å². The molecule has 2 aromatic heterocycles. The number of carbonyl (C=O) groups is 4. The summed E-state index contributed by atoms with van der Waals surface area (Å²) in [5.41, 5.74) is 0.919. The first-order valence-electron chi connectivity index (χ1n) is 11.9. The fraction of sp³-hybridized carbons (Fsp3) is 0.478. The van der Waals surface area contributed by atoms with Crippen LogP contribution in [-0.2, 0) is 27.3 Å². The molecule has 0 bridgehead atoms. The van der Waals surface area contributed by atoms with Crippen LogP contribution in [0.5, 0.6) is 0 Å². The van der Waals surface area contributed by atoms with Crippen LogP contribution in [0.3, 0.4) is 0 Å². The van der Waals surface area contributed by atoms with Crippen molar-refractivity contribution in [3.63, 3.8) is 0 Å². The molecule has 1 saturated heterocycles. The van der Waals surface area contributed by atoms with Crippen molar-refractivity contribution in [2.75, 3.05) is 38.6 Å². The molecule has 2 aromatic rings. The van der Waals surface area contributed by atoms with Gasteiger partial charge in [-0.3, -0.25) is 14.4 Å². The zero-order chi connectivity index (χ0) is 26.5. The van der Waals surface area contributed by atoms with E-state index in [0.717, 1.165) is 30.1 Å². The number of amides is 4. The maximum Gasteiger partial charge on any atom is 0.409 e. The summed E-state index contributed by atoms with van der Waals surface area (Å²) in [5.74, 6) is -2.03. The number of anilines is 1. The Labute approximate surface area is 234 Å². The van der Waals surface area contributed by atoms with E-state index in [-0.39, 0.29) is 37.9 Å². The third-order valence-electron chi connectivity index (χ3n) is 6.06. The second-order valence-electron chi connectivity index (χ2n) is 8.79. The Morgan fingerprint density at radius 1 is 1.16 bits per heavy atom. The molecule has 2 atom stereocenters. The molecule has 1 fully saturated rings. The van der Waals surface area contributed by atoms with Crippen LogP contribution in [0.4, 0.5) is 10.6 Å². The molecule has 12 nitrogen and oxygen atoms in total. The molecule has 15 heteroatoms. The quantitative estimate of drug-likeness (QED) is 0.449. The van der Waals surface area contributed by atoms with E-state index in [9.17, 15) is 19.2 Å². The van der Waals surface area contributed by atoms with Crippen LogP contribution in [-0.4, -0.2) is 89.0 Å². The summed E-state index contributed by atoms with van der Waals surface area (Å²) in [5, 5.41) is 8.71. The third kappa shape index (κ3) is 7.31. The van der Waals surface area contributed by atoms with Crippen molar-refractivity contribution in [3.05, 3.63) is 38.9 Å². The van der Waals surface area contributed by atoms with Gasteiger partial charge in [-0.15, -0.1) is 23.7 Å². The molecule has 0 saturated carbocycles. The minimum Gasteiger partial charge on any atom is -0.450 e. The molecule has 0 spiro atoms. The number of rotatable bonds is 5. The van der Waals surface area contributed by atoms with Crippen molar-refractivity contribution >= 4 is 65.0 Å². The summed E-state index contributed by atoms with van der Waals surface area (Å²) < 4.78 is 5.11. The van der Waals surface area contributed by atoms with Gasteiger partial charge in [-0.1, -0.05) is 11.6 Å². The predicted molar refractivity (Wildman–Crippen MR) is 144 cm³/mol. The lowest BCUT2D eigenvalue weighted by atomic mass is 9.99. The van der Waals surface area contributed by atoms with Crippen molar-refractivity contribution in [2.45, 2.75) is 38.4 Å². The molecular formula is C23H29Cl2N7O5S. The Bertz CT molecular complexity index is 1180. The zero-order valence-electron chi connectivity index (χ0n) is 20.9. The summed E-state index contributed by atoms with van der Waals surface area (Å²) in [4.78, 5) is 63.7. The van der Waals surface area contributed by atoms with Gasteiger partial charge in [0.05, 0.1) is 29.4 Å². The maximum atomic E-state index is 13.1. The number of piperidine rings is 1. The SMILES string of the molecule is CCOC(=O)N1CC[C@H](NC(=O)C(=O)Nc2ccc(Cl)cn2)[C@H](NC(=O)c2nc3c(s2)CN(C)CC3)C1.Cl. The first kappa shape index (κ1) is 29.6. The number of fused-ring (bicyclic) bond motifs is 1. The molecule has 4 amide bonds. The molecule has 4 rings (SSSR count). The zero-order valence-corrected chi connectivity index (χ0v) is 23.2. The van der Waals surface area contributed by atoms with Gasteiger partial charge in [-0.2, -0.15) is 0 Å². The standard InChI is InChI=1S/C23H28ClN7O5S.ClH/c1-3-36-23(35)31-9-7-14(26-19(32)20(33)29-18-5-4-13(24)10-25-18)16(11-31)27-21(34)22-28-15-6-8-30(2)12-17(15)37-22;/h4-5,10,14,16H,3,6-9,11-12H2,1-2H3,(H,26,32)(H,27,34)(H,25,29,33);1H/t14-,16+;/m0./s1.